The van der Waals surface area contributed by atoms with E-state index in [1.54, 1.807) is 0 Å². The molecule has 0 saturated carbocycles. The summed E-state index contributed by atoms with van der Waals surface area (Å²) in [6.07, 6.45) is 1.30. The molecule has 0 heterocycles. The van der Waals surface area contributed by atoms with Gasteiger partial charge in [0.2, 0.25) is 0 Å². The fourth-order valence-corrected chi connectivity index (χ4v) is 1.02. The summed E-state index contributed by atoms with van der Waals surface area (Å²) in [6, 6.07) is 0. The minimum absolute atomic E-state index is 0.254. The van der Waals surface area contributed by atoms with Gasteiger partial charge in [0.25, 0.3) is 0 Å². The Kier molecular flexibility index (Phi) is 5.91. The molecule has 0 aliphatic carbocycles. The van der Waals surface area contributed by atoms with E-state index in [1.165, 1.54) is 0 Å². The molecule has 0 aromatic heterocycles. The molecule has 0 unspecified atom stereocenters. The topological polar surface area (TPSA) is 35.5 Å². The molecule has 3 nitrogen and oxygen atoms in total. The Bertz CT molecular complexity index is 137. The van der Waals surface area contributed by atoms with Crippen molar-refractivity contribution in [3.05, 3.63) is 0 Å². The number of carbonyl (C=O) groups is 1. The quantitative estimate of drug-likeness (QED) is 0.453. The van der Waals surface area contributed by atoms with Crippen molar-refractivity contribution in [3.8, 4) is 0 Å². The van der Waals surface area contributed by atoms with Gasteiger partial charge in [0.15, 0.2) is 6.29 Å². The molecule has 13 heavy (non-hydrogen) atoms. The van der Waals surface area contributed by atoms with E-state index in [0.29, 0.717) is 19.6 Å². The number of hydrogen-bond acceptors (Lipinski definition) is 3. The maximum absolute atomic E-state index is 10.7. The van der Waals surface area contributed by atoms with Crippen LogP contribution in [-0.2, 0) is 14.3 Å². The Morgan fingerprint density at radius 1 is 1.23 bits per heavy atom. The van der Waals surface area contributed by atoms with Gasteiger partial charge >= 0.3 is 0 Å². The maximum atomic E-state index is 10.7. The van der Waals surface area contributed by atoms with Crippen LogP contribution in [0.2, 0.25) is 0 Å². The molecular formula is C10H20O3. The summed E-state index contributed by atoms with van der Waals surface area (Å²) >= 11 is 0. The molecule has 0 fully saturated rings. The lowest BCUT2D eigenvalue weighted by molar-refractivity contribution is -0.156. The van der Waals surface area contributed by atoms with Crippen molar-refractivity contribution in [1.82, 2.24) is 0 Å². The van der Waals surface area contributed by atoms with Crippen molar-refractivity contribution in [2.45, 2.75) is 40.4 Å². The molecule has 0 aliphatic heterocycles. The van der Waals surface area contributed by atoms with Crippen molar-refractivity contribution >= 4 is 6.29 Å². The summed E-state index contributed by atoms with van der Waals surface area (Å²) in [5, 5.41) is 0. The zero-order valence-electron chi connectivity index (χ0n) is 9.00. The van der Waals surface area contributed by atoms with Crippen LogP contribution in [0.5, 0.6) is 0 Å². The first kappa shape index (κ1) is 12.6. The number of rotatable bonds is 7. The van der Waals surface area contributed by atoms with Crippen LogP contribution in [-0.4, -0.2) is 25.8 Å². The summed E-state index contributed by atoms with van der Waals surface area (Å²) in [4.78, 5) is 10.7. The SMILES string of the molecule is CCOC(CC(C)(C)C=O)OCC. The average molecular weight is 188 g/mol. The van der Waals surface area contributed by atoms with Gasteiger partial charge in [-0.05, 0) is 13.8 Å². The molecule has 0 aliphatic rings. The minimum atomic E-state index is -0.366. The third kappa shape index (κ3) is 5.77. The lowest BCUT2D eigenvalue weighted by atomic mass is 9.91. The molecule has 0 aromatic carbocycles. The molecule has 0 spiro atoms. The van der Waals surface area contributed by atoms with Crippen molar-refractivity contribution in [3.63, 3.8) is 0 Å². The molecule has 0 radical (unpaired) electrons. The molecule has 0 N–H and O–H groups in total. The first-order valence-electron chi connectivity index (χ1n) is 4.75. The van der Waals surface area contributed by atoms with E-state index in [0.717, 1.165) is 6.29 Å². The summed E-state index contributed by atoms with van der Waals surface area (Å²) < 4.78 is 10.7. The smallest absolute Gasteiger partial charge is 0.158 e. The molecular weight excluding hydrogens is 168 g/mol. The molecule has 0 aromatic rings. The van der Waals surface area contributed by atoms with Gasteiger partial charge in [-0.1, -0.05) is 13.8 Å². The standard InChI is InChI=1S/C10H20O3/c1-5-12-9(13-6-2)7-10(3,4)8-11/h8-9H,5-7H2,1-4H3. The zero-order chi connectivity index (χ0) is 10.3. The van der Waals surface area contributed by atoms with Crippen LogP contribution < -0.4 is 0 Å². The second kappa shape index (κ2) is 6.11. The summed E-state index contributed by atoms with van der Waals surface area (Å²) in [5.74, 6) is 0. The van der Waals surface area contributed by atoms with E-state index in [-0.39, 0.29) is 11.7 Å². The number of ether oxygens (including phenoxy) is 2. The molecule has 0 bridgehead atoms. The van der Waals surface area contributed by atoms with Crippen LogP contribution >= 0.6 is 0 Å². The first-order valence-corrected chi connectivity index (χ1v) is 4.75. The Morgan fingerprint density at radius 2 is 1.69 bits per heavy atom. The van der Waals surface area contributed by atoms with Gasteiger partial charge in [0, 0.05) is 25.0 Å². The maximum Gasteiger partial charge on any atom is 0.158 e. The monoisotopic (exact) mass is 188 g/mol. The second-order valence-corrected chi connectivity index (χ2v) is 3.65. The van der Waals surface area contributed by atoms with Crippen LogP contribution in [0.3, 0.4) is 0 Å². The molecule has 78 valence electrons. The highest BCUT2D eigenvalue weighted by Gasteiger charge is 2.23. The van der Waals surface area contributed by atoms with Crippen LogP contribution in [0, 0.1) is 5.41 Å². The van der Waals surface area contributed by atoms with Gasteiger partial charge in [0.1, 0.15) is 6.29 Å². The highest BCUT2D eigenvalue weighted by atomic mass is 16.7. The van der Waals surface area contributed by atoms with Gasteiger partial charge in [-0.2, -0.15) is 0 Å². The van der Waals surface area contributed by atoms with Crippen molar-refractivity contribution in [1.29, 1.82) is 0 Å². The predicted molar refractivity (Wildman–Crippen MR) is 51.5 cm³/mol. The van der Waals surface area contributed by atoms with Gasteiger partial charge in [0.05, 0.1) is 0 Å². The van der Waals surface area contributed by atoms with E-state index >= 15 is 0 Å². The van der Waals surface area contributed by atoms with E-state index in [4.69, 9.17) is 9.47 Å². The van der Waals surface area contributed by atoms with Gasteiger partial charge in [-0.3, -0.25) is 0 Å². The largest absolute Gasteiger partial charge is 0.353 e. The highest BCUT2D eigenvalue weighted by molar-refractivity contribution is 5.57. The second-order valence-electron chi connectivity index (χ2n) is 3.65. The van der Waals surface area contributed by atoms with E-state index in [2.05, 4.69) is 0 Å². The van der Waals surface area contributed by atoms with E-state index in [9.17, 15) is 4.79 Å². The Hall–Kier alpha value is -0.410. The molecule has 0 atom stereocenters. The minimum Gasteiger partial charge on any atom is -0.353 e. The summed E-state index contributed by atoms with van der Waals surface area (Å²) in [7, 11) is 0. The summed E-state index contributed by atoms with van der Waals surface area (Å²) in [5.41, 5.74) is -0.366. The number of aldehydes is 1. The molecule has 0 saturated heterocycles. The third-order valence-corrected chi connectivity index (χ3v) is 1.72. The van der Waals surface area contributed by atoms with E-state index in [1.807, 2.05) is 27.7 Å². The van der Waals surface area contributed by atoms with Gasteiger partial charge in [-0.25, -0.2) is 0 Å². The van der Waals surface area contributed by atoms with Crippen molar-refractivity contribution < 1.29 is 14.3 Å². The highest BCUT2D eigenvalue weighted by Crippen LogP contribution is 2.21. The fraction of sp³-hybridized carbons (Fsp3) is 0.900. The van der Waals surface area contributed by atoms with E-state index < -0.39 is 0 Å². The Labute approximate surface area is 80.4 Å². The predicted octanol–water partition coefficient (Wildman–Crippen LogP) is 2.00. The Morgan fingerprint density at radius 3 is 2.00 bits per heavy atom. The average Bonchev–Trinajstić information content (AvgIpc) is 2.05. The third-order valence-electron chi connectivity index (χ3n) is 1.72. The van der Waals surface area contributed by atoms with Crippen LogP contribution in [0.25, 0.3) is 0 Å². The van der Waals surface area contributed by atoms with Gasteiger partial charge < -0.3 is 14.3 Å². The van der Waals surface area contributed by atoms with Gasteiger partial charge in [-0.15, -0.1) is 0 Å². The lowest BCUT2D eigenvalue weighted by Gasteiger charge is -2.24. The van der Waals surface area contributed by atoms with Crippen molar-refractivity contribution in [2.24, 2.45) is 5.41 Å². The zero-order valence-corrected chi connectivity index (χ0v) is 9.00. The first-order chi connectivity index (χ1) is 6.05. The van der Waals surface area contributed by atoms with Crippen LogP contribution in [0.4, 0.5) is 0 Å². The molecule has 0 amide bonds. The fourth-order valence-electron chi connectivity index (χ4n) is 1.02. The lowest BCUT2D eigenvalue weighted by Crippen LogP contribution is -2.26. The van der Waals surface area contributed by atoms with Crippen LogP contribution in [0.15, 0.2) is 0 Å². The number of hydrogen-bond donors (Lipinski definition) is 0. The normalized spacial score (nSPS) is 12.1. The molecule has 0 rings (SSSR count). The Balaban J connectivity index is 3.99. The number of carbonyl (C=O) groups excluding carboxylic acids is 1. The van der Waals surface area contributed by atoms with Crippen molar-refractivity contribution in [2.75, 3.05) is 13.2 Å². The molecule has 3 heteroatoms. The summed E-state index contributed by atoms with van der Waals surface area (Å²) in [6.45, 7) is 8.81. The van der Waals surface area contributed by atoms with Crippen LogP contribution in [0.1, 0.15) is 34.1 Å².